The van der Waals surface area contributed by atoms with Gasteiger partial charge in [0.15, 0.2) is 0 Å². The van der Waals surface area contributed by atoms with Gasteiger partial charge in [0, 0.05) is 0 Å². The summed E-state index contributed by atoms with van der Waals surface area (Å²) in [7, 11) is 0. The van der Waals surface area contributed by atoms with Crippen molar-refractivity contribution in [2.45, 2.75) is 19.4 Å². The van der Waals surface area contributed by atoms with Gasteiger partial charge < -0.3 is 9.84 Å². The molecule has 74 valence electrons. The molecule has 1 aromatic rings. The maximum atomic E-state index is 8.98. The minimum atomic E-state index is -0.464. The summed E-state index contributed by atoms with van der Waals surface area (Å²) in [6.07, 6.45) is -0.0507. The first kappa shape index (κ1) is 10.6. The van der Waals surface area contributed by atoms with Crippen LogP contribution in [0, 0.1) is 11.3 Å². The number of rotatable bonds is 4. The summed E-state index contributed by atoms with van der Waals surface area (Å²) in [6, 6.07) is 9.37. The third-order valence-electron chi connectivity index (χ3n) is 1.70. The first-order chi connectivity index (χ1) is 6.72. The number of ether oxygens (including phenoxy) is 1. The monoisotopic (exact) mass is 191 g/mol. The molecular formula is C11H13NO2. The third kappa shape index (κ3) is 3.46. The number of hydrogen-bond acceptors (Lipinski definition) is 3. The lowest BCUT2D eigenvalue weighted by molar-refractivity contribution is 0.122. The molecule has 14 heavy (non-hydrogen) atoms. The van der Waals surface area contributed by atoms with Crippen molar-refractivity contribution >= 4 is 0 Å². The zero-order valence-electron chi connectivity index (χ0n) is 8.10. The molecule has 3 heteroatoms. The Balaban J connectivity index is 2.52. The molecule has 0 bridgehead atoms. The molecule has 0 spiro atoms. The van der Waals surface area contributed by atoms with E-state index in [1.165, 1.54) is 0 Å². The summed E-state index contributed by atoms with van der Waals surface area (Å²) >= 11 is 0. The molecule has 0 fully saturated rings. The lowest BCUT2D eigenvalue weighted by Crippen LogP contribution is -2.12. The number of nitrogens with zero attached hydrogens (tertiary/aromatic N) is 1. The van der Waals surface area contributed by atoms with Crippen LogP contribution in [0.4, 0.5) is 0 Å². The van der Waals surface area contributed by atoms with Crippen LogP contribution in [-0.4, -0.2) is 17.8 Å². The molecular weight excluding hydrogens is 178 g/mol. The van der Waals surface area contributed by atoms with E-state index in [0.717, 1.165) is 5.56 Å². The van der Waals surface area contributed by atoms with Crippen molar-refractivity contribution in [1.29, 1.82) is 5.26 Å². The summed E-state index contributed by atoms with van der Waals surface area (Å²) in [5.74, 6) is 0.715. The van der Waals surface area contributed by atoms with Crippen molar-refractivity contribution in [3.05, 3.63) is 29.8 Å². The molecule has 0 aliphatic rings. The average Bonchev–Trinajstić information content (AvgIpc) is 2.17. The SMILES string of the molecule is CC(O)COc1ccc(CC#N)cc1. The highest BCUT2D eigenvalue weighted by Gasteiger charge is 1.98. The van der Waals surface area contributed by atoms with Gasteiger partial charge in [0.25, 0.3) is 0 Å². The Labute approximate surface area is 83.6 Å². The second kappa shape index (κ2) is 5.25. The molecule has 1 rings (SSSR count). The van der Waals surface area contributed by atoms with Crippen LogP contribution >= 0.6 is 0 Å². The topological polar surface area (TPSA) is 53.2 Å². The molecule has 0 aliphatic carbocycles. The first-order valence-corrected chi connectivity index (χ1v) is 4.49. The average molecular weight is 191 g/mol. The van der Waals surface area contributed by atoms with Crippen LogP contribution in [-0.2, 0) is 6.42 Å². The smallest absolute Gasteiger partial charge is 0.119 e. The van der Waals surface area contributed by atoms with Gasteiger partial charge in [0.05, 0.1) is 18.6 Å². The fourth-order valence-electron chi connectivity index (χ4n) is 1.01. The maximum Gasteiger partial charge on any atom is 0.119 e. The van der Waals surface area contributed by atoms with Crippen LogP contribution in [0.2, 0.25) is 0 Å². The van der Waals surface area contributed by atoms with Gasteiger partial charge in [-0.25, -0.2) is 0 Å². The Kier molecular flexibility index (Phi) is 3.96. The minimum Gasteiger partial charge on any atom is -0.491 e. The van der Waals surface area contributed by atoms with Gasteiger partial charge in [0.1, 0.15) is 12.4 Å². The van der Waals surface area contributed by atoms with E-state index in [0.29, 0.717) is 12.2 Å². The van der Waals surface area contributed by atoms with E-state index in [-0.39, 0.29) is 6.61 Å². The van der Waals surface area contributed by atoms with Crippen LogP contribution < -0.4 is 4.74 Å². The number of nitriles is 1. The summed E-state index contributed by atoms with van der Waals surface area (Å²) in [5.41, 5.74) is 0.969. The number of aliphatic hydroxyl groups is 1. The maximum absolute atomic E-state index is 8.98. The molecule has 3 nitrogen and oxygen atoms in total. The first-order valence-electron chi connectivity index (χ1n) is 4.49. The van der Waals surface area contributed by atoms with Gasteiger partial charge in [-0.3, -0.25) is 0 Å². The van der Waals surface area contributed by atoms with E-state index < -0.39 is 6.10 Å². The molecule has 1 unspecified atom stereocenters. The van der Waals surface area contributed by atoms with Crippen molar-refractivity contribution in [2.24, 2.45) is 0 Å². The zero-order valence-corrected chi connectivity index (χ0v) is 8.10. The lowest BCUT2D eigenvalue weighted by atomic mass is 10.2. The highest BCUT2D eigenvalue weighted by molar-refractivity contribution is 5.28. The van der Waals surface area contributed by atoms with Crippen LogP contribution in [0.15, 0.2) is 24.3 Å². The van der Waals surface area contributed by atoms with Gasteiger partial charge in [-0.15, -0.1) is 0 Å². The Bertz CT molecular complexity index is 311. The van der Waals surface area contributed by atoms with Crippen LogP contribution in [0.3, 0.4) is 0 Å². The van der Waals surface area contributed by atoms with E-state index in [1.54, 1.807) is 19.1 Å². The second-order valence-corrected chi connectivity index (χ2v) is 3.14. The van der Waals surface area contributed by atoms with Crippen molar-refractivity contribution in [3.8, 4) is 11.8 Å². The molecule has 0 radical (unpaired) electrons. The molecule has 0 saturated heterocycles. The van der Waals surface area contributed by atoms with E-state index in [1.807, 2.05) is 12.1 Å². The zero-order chi connectivity index (χ0) is 10.4. The molecule has 0 amide bonds. The fraction of sp³-hybridized carbons (Fsp3) is 0.364. The third-order valence-corrected chi connectivity index (χ3v) is 1.70. The molecule has 1 atom stereocenters. The standard InChI is InChI=1S/C11H13NO2/c1-9(13)8-14-11-4-2-10(3-5-11)6-7-12/h2-5,9,13H,6,8H2,1H3. The Hall–Kier alpha value is -1.53. The minimum absolute atomic E-state index is 0.289. The summed E-state index contributed by atoms with van der Waals surface area (Å²) in [6.45, 7) is 1.96. The van der Waals surface area contributed by atoms with E-state index >= 15 is 0 Å². The van der Waals surface area contributed by atoms with E-state index in [4.69, 9.17) is 15.1 Å². The van der Waals surface area contributed by atoms with Crippen LogP contribution in [0.5, 0.6) is 5.75 Å². The van der Waals surface area contributed by atoms with Gasteiger partial charge in [-0.1, -0.05) is 12.1 Å². The predicted molar refractivity (Wildman–Crippen MR) is 52.9 cm³/mol. The van der Waals surface area contributed by atoms with Crippen LogP contribution in [0.25, 0.3) is 0 Å². The Morgan fingerprint density at radius 3 is 2.57 bits per heavy atom. The molecule has 0 aromatic heterocycles. The summed E-state index contributed by atoms with van der Waals surface area (Å²) in [4.78, 5) is 0. The molecule has 0 aliphatic heterocycles. The normalized spacial score (nSPS) is 11.8. The van der Waals surface area contributed by atoms with Gasteiger partial charge >= 0.3 is 0 Å². The van der Waals surface area contributed by atoms with Crippen LogP contribution in [0.1, 0.15) is 12.5 Å². The number of benzene rings is 1. The number of hydrogen-bond donors (Lipinski definition) is 1. The molecule has 0 heterocycles. The Morgan fingerprint density at radius 2 is 2.07 bits per heavy atom. The second-order valence-electron chi connectivity index (χ2n) is 3.14. The van der Waals surface area contributed by atoms with Gasteiger partial charge in [-0.05, 0) is 24.6 Å². The lowest BCUT2D eigenvalue weighted by Gasteiger charge is -2.07. The predicted octanol–water partition coefficient (Wildman–Crippen LogP) is 1.51. The summed E-state index contributed by atoms with van der Waals surface area (Å²) < 4.78 is 5.27. The van der Waals surface area contributed by atoms with Crippen molar-refractivity contribution in [3.63, 3.8) is 0 Å². The van der Waals surface area contributed by atoms with E-state index in [2.05, 4.69) is 6.07 Å². The van der Waals surface area contributed by atoms with Gasteiger partial charge in [-0.2, -0.15) is 5.26 Å². The highest BCUT2D eigenvalue weighted by atomic mass is 16.5. The van der Waals surface area contributed by atoms with E-state index in [9.17, 15) is 0 Å². The molecule has 1 aromatic carbocycles. The quantitative estimate of drug-likeness (QED) is 0.784. The number of aliphatic hydroxyl groups excluding tert-OH is 1. The molecule has 0 saturated carbocycles. The highest BCUT2D eigenvalue weighted by Crippen LogP contribution is 2.12. The van der Waals surface area contributed by atoms with Gasteiger partial charge in [0.2, 0.25) is 0 Å². The van der Waals surface area contributed by atoms with Crippen molar-refractivity contribution < 1.29 is 9.84 Å². The van der Waals surface area contributed by atoms with Crippen molar-refractivity contribution in [1.82, 2.24) is 0 Å². The largest absolute Gasteiger partial charge is 0.491 e. The fourth-order valence-corrected chi connectivity index (χ4v) is 1.01. The molecule has 1 N–H and O–H groups in total. The Morgan fingerprint density at radius 1 is 1.43 bits per heavy atom. The van der Waals surface area contributed by atoms with Crippen molar-refractivity contribution in [2.75, 3.05) is 6.61 Å². The summed E-state index contributed by atoms with van der Waals surface area (Å²) in [5, 5.41) is 17.4.